The number of nitrogens with one attached hydrogen (secondary N) is 2. The Hall–Kier alpha value is -2.24. The van der Waals surface area contributed by atoms with E-state index in [4.69, 9.17) is 4.74 Å². The summed E-state index contributed by atoms with van der Waals surface area (Å²) in [6.45, 7) is 9.56. The molecule has 25 heavy (non-hydrogen) atoms. The molecule has 1 aliphatic heterocycles. The molecule has 6 heteroatoms. The summed E-state index contributed by atoms with van der Waals surface area (Å²) in [5, 5.41) is 5.80. The molecule has 1 aliphatic rings. The van der Waals surface area contributed by atoms with E-state index in [0.29, 0.717) is 19.6 Å². The summed E-state index contributed by atoms with van der Waals surface area (Å²) in [5.74, 6) is 0.702. The Morgan fingerprint density at radius 3 is 2.76 bits per heavy atom. The van der Waals surface area contributed by atoms with Gasteiger partial charge in [0.15, 0.2) is 0 Å². The van der Waals surface area contributed by atoms with Crippen molar-refractivity contribution in [1.29, 1.82) is 0 Å². The van der Waals surface area contributed by atoms with Crippen LogP contribution in [0.3, 0.4) is 0 Å². The zero-order valence-corrected chi connectivity index (χ0v) is 15.6. The second kappa shape index (κ2) is 8.74. The van der Waals surface area contributed by atoms with Gasteiger partial charge in [0.1, 0.15) is 5.75 Å². The first kappa shape index (κ1) is 19.1. The molecule has 6 nitrogen and oxygen atoms in total. The van der Waals surface area contributed by atoms with E-state index in [-0.39, 0.29) is 24.0 Å². The quantitative estimate of drug-likeness (QED) is 0.859. The van der Waals surface area contributed by atoms with E-state index in [0.717, 1.165) is 29.8 Å². The first-order valence-corrected chi connectivity index (χ1v) is 9.01. The van der Waals surface area contributed by atoms with Gasteiger partial charge in [-0.1, -0.05) is 0 Å². The molecule has 0 bridgehead atoms. The molecule has 0 aliphatic carbocycles. The van der Waals surface area contributed by atoms with E-state index < -0.39 is 0 Å². The summed E-state index contributed by atoms with van der Waals surface area (Å²) in [6, 6.07) is 5.48. The van der Waals surface area contributed by atoms with Gasteiger partial charge in [-0.3, -0.25) is 4.79 Å². The highest BCUT2D eigenvalue weighted by molar-refractivity contribution is 5.91. The fourth-order valence-electron chi connectivity index (χ4n) is 3.01. The minimum Gasteiger partial charge on any atom is -0.491 e. The van der Waals surface area contributed by atoms with Crippen molar-refractivity contribution in [2.75, 3.05) is 25.0 Å². The number of anilines is 1. The molecule has 1 aromatic rings. The largest absolute Gasteiger partial charge is 0.491 e. The summed E-state index contributed by atoms with van der Waals surface area (Å²) in [4.78, 5) is 26.3. The van der Waals surface area contributed by atoms with E-state index in [2.05, 4.69) is 10.6 Å². The Bertz CT molecular complexity index is 616. The van der Waals surface area contributed by atoms with Gasteiger partial charge >= 0.3 is 6.03 Å². The number of urea groups is 1. The maximum atomic E-state index is 12.6. The van der Waals surface area contributed by atoms with Crippen molar-refractivity contribution < 1.29 is 14.3 Å². The second-order valence-electron chi connectivity index (χ2n) is 6.75. The molecule has 1 saturated heterocycles. The summed E-state index contributed by atoms with van der Waals surface area (Å²) < 4.78 is 5.67. The Morgan fingerprint density at radius 1 is 1.36 bits per heavy atom. The molecule has 0 radical (unpaired) electrons. The van der Waals surface area contributed by atoms with Crippen LogP contribution in [0.15, 0.2) is 18.2 Å². The monoisotopic (exact) mass is 347 g/mol. The van der Waals surface area contributed by atoms with E-state index in [1.807, 2.05) is 45.9 Å². The Morgan fingerprint density at radius 2 is 2.12 bits per heavy atom. The van der Waals surface area contributed by atoms with E-state index in [1.54, 1.807) is 4.90 Å². The lowest BCUT2D eigenvalue weighted by molar-refractivity contribution is -0.126. The summed E-state index contributed by atoms with van der Waals surface area (Å²) in [5.41, 5.74) is 1.71. The van der Waals surface area contributed by atoms with Crippen LogP contribution in [-0.4, -0.2) is 42.6 Å². The number of likely N-dealkylation sites (tertiary alicyclic amines) is 1. The van der Waals surface area contributed by atoms with Gasteiger partial charge < -0.3 is 20.3 Å². The highest BCUT2D eigenvalue weighted by Crippen LogP contribution is 2.23. The number of aryl methyl sites for hydroxylation is 1. The first-order valence-electron chi connectivity index (χ1n) is 9.01. The average molecular weight is 347 g/mol. The van der Waals surface area contributed by atoms with Gasteiger partial charge in [-0.05, 0) is 64.3 Å². The summed E-state index contributed by atoms with van der Waals surface area (Å²) in [7, 11) is 0. The lowest BCUT2D eigenvalue weighted by atomic mass is 9.97. The molecule has 1 unspecified atom stereocenters. The standard InChI is InChI=1S/C19H29N3O3/c1-5-20-18(23)15-7-6-10-22(12-15)19(24)21-17-9-8-16(11-14(17)4)25-13(2)3/h8-9,11,13,15H,5-7,10,12H2,1-4H3,(H,20,23)(H,21,24). The number of ether oxygens (including phenoxy) is 1. The van der Waals surface area contributed by atoms with Gasteiger partial charge in [-0.2, -0.15) is 0 Å². The number of carbonyl (C=O) groups is 2. The lowest BCUT2D eigenvalue weighted by Gasteiger charge is -2.32. The highest BCUT2D eigenvalue weighted by atomic mass is 16.5. The van der Waals surface area contributed by atoms with Gasteiger partial charge in [-0.25, -0.2) is 4.79 Å². The third-order valence-corrected chi connectivity index (χ3v) is 4.24. The molecular weight excluding hydrogens is 318 g/mol. The van der Waals surface area contributed by atoms with Crippen molar-refractivity contribution >= 4 is 17.6 Å². The number of piperidine rings is 1. The molecule has 0 saturated carbocycles. The maximum Gasteiger partial charge on any atom is 0.321 e. The molecule has 1 aromatic carbocycles. The van der Waals surface area contributed by atoms with Gasteiger partial charge in [0.05, 0.1) is 12.0 Å². The minimum absolute atomic E-state index is 0.0337. The van der Waals surface area contributed by atoms with Crippen molar-refractivity contribution in [1.82, 2.24) is 10.2 Å². The smallest absolute Gasteiger partial charge is 0.321 e. The van der Waals surface area contributed by atoms with E-state index in [9.17, 15) is 9.59 Å². The molecule has 1 heterocycles. The predicted octanol–water partition coefficient (Wildman–Crippen LogP) is 3.16. The maximum absolute atomic E-state index is 12.6. The van der Waals surface area contributed by atoms with E-state index in [1.165, 1.54) is 0 Å². The van der Waals surface area contributed by atoms with Crippen LogP contribution in [0.2, 0.25) is 0 Å². The van der Waals surface area contributed by atoms with Crippen molar-refractivity contribution in [3.05, 3.63) is 23.8 Å². The van der Waals surface area contributed by atoms with Crippen LogP contribution in [0.1, 0.15) is 39.2 Å². The summed E-state index contributed by atoms with van der Waals surface area (Å²) in [6.07, 6.45) is 1.78. The predicted molar refractivity (Wildman–Crippen MR) is 98.9 cm³/mol. The summed E-state index contributed by atoms with van der Waals surface area (Å²) >= 11 is 0. The van der Waals surface area contributed by atoms with Crippen LogP contribution >= 0.6 is 0 Å². The number of hydrogen-bond acceptors (Lipinski definition) is 3. The Kier molecular flexibility index (Phi) is 6.67. The number of benzene rings is 1. The lowest BCUT2D eigenvalue weighted by Crippen LogP contribution is -2.46. The first-order chi connectivity index (χ1) is 11.9. The SMILES string of the molecule is CCNC(=O)C1CCCN(C(=O)Nc2ccc(OC(C)C)cc2C)C1. The van der Waals surface area contributed by atoms with Crippen molar-refractivity contribution in [3.63, 3.8) is 0 Å². The minimum atomic E-state index is -0.158. The van der Waals surface area contributed by atoms with Crippen LogP contribution in [0.5, 0.6) is 5.75 Å². The highest BCUT2D eigenvalue weighted by Gasteiger charge is 2.28. The number of rotatable bonds is 5. The van der Waals surface area contributed by atoms with Crippen molar-refractivity contribution in [2.45, 2.75) is 46.6 Å². The molecular formula is C19H29N3O3. The van der Waals surface area contributed by atoms with Gasteiger partial charge in [0.2, 0.25) is 5.91 Å². The zero-order chi connectivity index (χ0) is 18.4. The molecule has 138 valence electrons. The zero-order valence-electron chi connectivity index (χ0n) is 15.6. The van der Waals surface area contributed by atoms with Crippen LogP contribution in [0, 0.1) is 12.8 Å². The van der Waals surface area contributed by atoms with E-state index >= 15 is 0 Å². The molecule has 2 rings (SSSR count). The average Bonchev–Trinajstić information content (AvgIpc) is 2.57. The topological polar surface area (TPSA) is 70.7 Å². The van der Waals surface area contributed by atoms with Gasteiger partial charge in [-0.15, -0.1) is 0 Å². The molecule has 3 amide bonds. The van der Waals surface area contributed by atoms with Crippen molar-refractivity contribution in [2.24, 2.45) is 5.92 Å². The van der Waals surface area contributed by atoms with Gasteiger partial charge in [0.25, 0.3) is 0 Å². The van der Waals surface area contributed by atoms with Gasteiger partial charge in [0, 0.05) is 25.3 Å². The molecule has 2 N–H and O–H groups in total. The Balaban J connectivity index is 1.98. The second-order valence-corrected chi connectivity index (χ2v) is 6.75. The Labute approximate surface area is 149 Å². The molecule has 0 spiro atoms. The number of carbonyl (C=O) groups excluding carboxylic acids is 2. The van der Waals surface area contributed by atoms with Crippen LogP contribution < -0.4 is 15.4 Å². The normalized spacial score (nSPS) is 17.3. The van der Waals surface area contributed by atoms with Crippen molar-refractivity contribution in [3.8, 4) is 5.75 Å². The fraction of sp³-hybridized carbons (Fsp3) is 0.579. The molecule has 1 fully saturated rings. The third-order valence-electron chi connectivity index (χ3n) is 4.24. The van der Waals surface area contributed by atoms with Crippen LogP contribution in [0.4, 0.5) is 10.5 Å². The number of hydrogen-bond donors (Lipinski definition) is 2. The van der Waals surface area contributed by atoms with Crippen LogP contribution in [0.25, 0.3) is 0 Å². The fourth-order valence-corrected chi connectivity index (χ4v) is 3.01. The molecule has 0 aromatic heterocycles. The third kappa shape index (κ3) is 5.37. The molecule has 1 atom stereocenters. The number of amides is 3. The number of nitrogens with zero attached hydrogens (tertiary/aromatic N) is 1. The van der Waals surface area contributed by atoms with Crippen LogP contribution in [-0.2, 0) is 4.79 Å².